The van der Waals surface area contributed by atoms with Crippen LogP contribution < -0.4 is 0 Å². The summed E-state index contributed by atoms with van der Waals surface area (Å²) in [5.41, 5.74) is -1.25. The number of rotatable bonds is 10. The van der Waals surface area contributed by atoms with Crippen molar-refractivity contribution in [3.63, 3.8) is 0 Å². The third kappa shape index (κ3) is 7.16. The van der Waals surface area contributed by atoms with Crippen LogP contribution in [0, 0.1) is 45.3 Å². The van der Waals surface area contributed by atoms with E-state index in [1.165, 1.54) is 5.57 Å². The molecule has 0 aromatic rings. The summed E-state index contributed by atoms with van der Waals surface area (Å²) in [6, 6.07) is 0. The first-order chi connectivity index (χ1) is 26.0. The van der Waals surface area contributed by atoms with Crippen LogP contribution in [0.2, 0.25) is 0 Å². The molecule has 4 saturated carbocycles. The van der Waals surface area contributed by atoms with E-state index >= 15 is 0 Å². The van der Waals surface area contributed by atoms with Crippen molar-refractivity contribution in [2.75, 3.05) is 13.2 Å². The van der Waals surface area contributed by atoms with E-state index in [0.717, 1.165) is 32.1 Å². The van der Waals surface area contributed by atoms with Gasteiger partial charge in [0.2, 0.25) is 0 Å². The fourth-order valence-electron chi connectivity index (χ4n) is 13.5. The number of hydrogen-bond donors (Lipinski definition) is 10. The van der Waals surface area contributed by atoms with Gasteiger partial charge in [-0.15, -0.1) is 0 Å². The lowest BCUT2D eigenvalue weighted by atomic mass is 9.35. The van der Waals surface area contributed by atoms with Gasteiger partial charge < -0.3 is 70.0 Å². The molecule has 14 nitrogen and oxygen atoms in total. The van der Waals surface area contributed by atoms with Crippen LogP contribution in [0.15, 0.2) is 11.6 Å². The first-order valence-electron chi connectivity index (χ1n) is 21.0. The molecule has 0 radical (unpaired) electrons. The number of aliphatic hydroxyl groups excluding tert-OH is 9. The van der Waals surface area contributed by atoms with Crippen molar-refractivity contribution in [2.24, 2.45) is 45.3 Å². The number of fused-ring (bicyclic) bond motifs is 5. The molecule has 4 aliphatic carbocycles. The van der Waals surface area contributed by atoms with Gasteiger partial charge in [0.05, 0.1) is 37.1 Å². The van der Waals surface area contributed by atoms with Crippen LogP contribution in [0.4, 0.5) is 0 Å². The van der Waals surface area contributed by atoms with Crippen molar-refractivity contribution in [2.45, 2.75) is 192 Å². The van der Waals surface area contributed by atoms with E-state index in [0.29, 0.717) is 19.3 Å². The van der Waals surface area contributed by atoms with Crippen molar-refractivity contribution >= 4 is 0 Å². The van der Waals surface area contributed by atoms with Gasteiger partial charge in [0.1, 0.15) is 48.8 Å². The highest BCUT2D eigenvalue weighted by Crippen LogP contribution is 2.76. The van der Waals surface area contributed by atoms with Gasteiger partial charge in [0, 0.05) is 0 Å². The molecule has 324 valence electrons. The van der Waals surface area contributed by atoms with Gasteiger partial charge in [-0.05, 0) is 117 Å². The van der Waals surface area contributed by atoms with E-state index in [-0.39, 0.29) is 34.5 Å². The van der Waals surface area contributed by atoms with Crippen molar-refractivity contribution in [1.29, 1.82) is 0 Å². The van der Waals surface area contributed by atoms with Crippen molar-refractivity contribution in [3.05, 3.63) is 11.6 Å². The molecule has 6 aliphatic rings. The fraction of sp³-hybridized carbons (Fsp3) is 0.952. The lowest BCUT2D eigenvalue weighted by molar-refractivity contribution is -0.383. The molecule has 0 aromatic heterocycles. The minimum Gasteiger partial charge on any atom is -0.394 e. The average molecular weight is 801 g/mol. The maximum Gasteiger partial charge on any atom is 0.187 e. The molecule has 2 saturated heterocycles. The Labute approximate surface area is 331 Å². The summed E-state index contributed by atoms with van der Waals surface area (Å²) in [4.78, 5) is 0. The zero-order valence-corrected chi connectivity index (χ0v) is 34.6. The maximum atomic E-state index is 12.2. The molecule has 6 fully saturated rings. The zero-order chi connectivity index (χ0) is 41.5. The van der Waals surface area contributed by atoms with E-state index in [4.69, 9.17) is 18.9 Å². The summed E-state index contributed by atoms with van der Waals surface area (Å²) in [5.74, 6) is -0.0322. The topological polar surface area (TPSA) is 239 Å². The lowest BCUT2D eigenvalue weighted by Gasteiger charge is -2.71. The molecule has 2 heterocycles. The van der Waals surface area contributed by atoms with Crippen LogP contribution in [0.25, 0.3) is 0 Å². The fourth-order valence-corrected chi connectivity index (χ4v) is 13.5. The van der Waals surface area contributed by atoms with Crippen LogP contribution in [0.3, 0.4) is 0 Å². The first-order valence-corrected chi connectivity index (χ1v) is 21.0. The quantitative estimate of drug-likeness (QED) is 0.110. The minimum atomic E-state index is -1.81. The Balaban J connectivity index is 1.25. The Bertz CT molecular complexity index is 1400. The molecule has 0 aromatic carbocycles. The summed E-state index contributed by atoms with van der Waals surface area (Å²) in [6.45, 7) is 15.7. The number of aliphatic hydroxyl groups is 10. The predicted molar refractivity (Wildman–Crippen MR) is 202 cm³/mol. The Morgan fingerprint density at radius 2 is 1.32 bits per heavy atom. The summed E-state index contributed by atoms with van der Waals surface area (Å²) in [7, 11) is 0. The van der Waals surface area contributed by atoms with Gasteiger partial charge >= 0.3 is 0 Å². The van der Waals surface area contributed by atoms with E-state index < -0.39 is 109 Å². The van der Waals surface area contributed by atoms with Crippen LogP contribution in [0.1, 0.15) is 107 Å². The smallest absolute Gasteiger partial charge is 0.187 e. The molecule has 0 spiro atoms. The lowest BCUT2D eigenvalue weighted by Crippen LogP contribution is -2.70. The molecule has 56 heavy (non-hydrogen) atoms. The molecule has 1 unspecified atom stereocenters. The predicted octanol–water partition coefficient (Wildman–Crippen LogP) is 1.12. The normalized spacial score (nSPS) is 52.6. The molecular formula is C42H72O14. The van der Waals surface area contributed by atoms with E-state index in [2.05, 4.69) is 40.7 Å². The summed E-state index contributed by atoms with van der Waals surface area (Å²) in [6.07, 6.45) is -10.5. The minimum absolute atomic E-state index is 0.00996. The largest absolute Gasteiger partial charge is 0.394 e. The second-order valence-electron chi connectivity index (χ2n) is 20.3. The SMILES string of the molecule is CC(C)=CCC[C@](C)(O)[C@H]1CC[C@]2(C)[C@@H]1[C@H](O)C[C@@H]1[C@@]3(C)C[C@@H](O)[C@H](O[C@@H]4O[C@H](CO)[C@@H](O)[C@H](O)[C@H]4O[C@@H]4O[C@H](CO)[C@@H](O)[C@H](O)[C@H]4O)C(C)(C)C3CC[C@]12C. The molecule has 14 heteroatoms. The van der Waals surface area contributed by atoms with E-state index in [1.54, 1.807) is 0 Å². The highest BCUT2D eigenvalue weighted by molar-refractivity contribution is 5.21. The van der Waals surface area contributed by atoms with Gasteiger partial charge in [0.25, 0.3) is 0 Å². The Kier molecular flexibility index (Phi) is 12.7. The molecule has 10 N–H and O–H groups in total. The van der Waals surface area contributed by atoms with E-state index in [9.17, 15) is 51.1 Å². The van der Waals surface area contributed by atoms with E-state index in [1.807, 2.05) is 20.8 Å². The van der Waals surface area contributed by atoms with Gasteiger partial charge in [0.15, 0.2) is 12.6 Å². The van der Waals surface area contributed by atoms with Crippen LogP contribution >= 0.6 is 0 Å². The summed E-state index contributed by atoms with van der Waals surface area (Å²) >= 11 is 0. The third-order valence-electron chi connectivity index (χ3n) is 16.5. The average Bonchev–Trinajstić information content (AvgIpc) is 3.50. The van der Waals surface area contributed by atoms with Crippen LogP contribution in [-0.2, 0) is 18.9 Å². The Morgan fingerprint density at radius 1 is 0.732 bits per heavy atom. The molecular weight excluding hydrogens is 728 g/mol. The third-order valence-corrected chi connectivity index (χ3v) is 16.5. The standard InChI is InChI=1S/C42H72O14/c1-20(2)10-9-13-42(8,52)21-11-14-41(7)28(21)22(45)16-27-39(5)17-23(46)35(38(3,4)26(39)12-15-40(27,41)6)56-37-34(32(50)30(48)25(19-44)54-37)55-36-33(51)31(49)29(47)24(18-43)53-36/h10,21-37,43-52H,9,11-19H2,1-8H3/t21-,22+,23+,24+,25+,26?,27+,28-,29+,30+,31-,32-,33+,34+,35-,36-,37-,39-,40+,41+,42-/m0/s1. The Hall–Kier alpha value is -0.820. The number of ether oxygens (including phenoxy) is 4. The van der Waals surface area contributed by atoms with Gasteiger partial charge in [-0.3, -0.25) is 0 Å². The van der Waals surface area contributed by atoms with Crippen LogP contribution in [-0.4, -0.2) is 150 Å². The molecule has 0 amide bonds. The second-order valence-corrected chi connectivity index (χ2v) is 20.3. The number of allylic oxidation sites excluding steroid dienone is 2. The highest BCUT2D eigenvalue weighted by Gasteiger charge is 2.72. The maximum absolute atomic E-state index is 12.2. The van der Waals surface area contributed by atoms with Crippen molar-refractivity contribution in [3.8, 4) is 0 Å². The van der Waals surface area contributed by atoms with Gasteiger partial charge in [-0.25, -0.2) is 0 Å². The summed E-state index contributed by atoms with van der Waals surface area (Å²) < 4.78 is 24.1. The summed E-state index contributed by atoms with van der Waals surface area (Å²) in [5, 5.41) is 110. The molecule has 21 atom stereocenters. The van der Waals surface area contributed by atoms with Crippen molar-refractivity contribution in [1.82, 2.24) is 0 Å². The molecule has 2 aliphatic heterocycles. The van der Waals surface area contributed by atoms with Gasteiger partial charge in [-0.1, -0.05) is 46.3 Å². The monoisotopic (exact) mass is 800 g/mol. The Morgan fingerprint density at radius 3 is 1.93 bits per heavy atom. The molecule has 6 rings (SSSR count). The number of hydrogen-bond acceptors (Lipinski definition) is 14. The van der Waals surface area contributed by atoms with Gasteiger partial charge in [-0.2, -0.15) is 0 Å². The zero-order valence-electron chi connectivity index (χ0n) is 34.6. The first kappa shape index (κ1) is 44.7. The highest BCUT2D eigenvalue weighted by atomic mass is 16.8. The van der Waals surface area contributed by atoms with Crippen LogP contribution in [0.5, 0.6) is 0 Å². The second kappa shape index (κ2) is 15.9. The van der Waals surface area contributed by atoms with Crippen molar-refractivity contribution < 1.29 is 70.0 Å². The molecule has 0 bridgehead atoms.